The van der Waals surface area contributed by atoms with E-state index < -0.39 is 0 Å². The van der Waals surface area contributed by atoms with Crippen molar-refractivity contribution >= 4 is 11.5 Å². The number of ketones is 1. The zero-order chi connectivity index (χ0) is 10.7. The number of carbonyl (C=O) groups excluding carboxylic acids is 1. The van der Waals surface area contributed by atoms with Gasteiger partial charge in [0, 0.05) is 11.8 Å². The van der Waals surface area contributed by atoms with Crippen LogP contribution in [-0.4, -0.2) is 16.0 Å². The number of aromatic nitrogens is 1. The molecule has 0 unspecified atom stereocenters. The van der Waals surface area contributed by atoms with Crippen molar-refractivity contribution < 1.29 is 10.0 Å². The molecular formula is C11H10N2O2. The molecular weight excluding hydrogens is 192 g/mol. The van der Waals surface area contributed by atoms with Crippen molar-refractivity contribution in [3.8, 4) is 0 Å². The summed E-state index contributed by atoms with van der Waals surface area (Å²) >= 11 is 0. The van der Waals surface area contributed by atoms with Gasteiger partial charge in [-0.15, -0.1) is 0 Å². The number of hydrogen-bond acceptors (Lipinski definition) is 3. The number of aromatic amines is 1. The number of rotatable bonds is 3. The van der Waals surface area contributed by atoms with E-state index in [1.807, 2.05) is 5.48 Å². The first-order valence-electron chi connectivity index (χ1n) is 4.50. The van der Waals surface area contributed by atoms with Crippen LogP contribution >= 0.6 is 0 Å². The van der Waals surface area contributed by atoms with Crippen molar-refractivity contribution in [3.63, 3.8) is 0 Å². The van der Waals surface area contributed by atoms with Crippen LogP contribution in [0.2, 0.25) is 0 Å². The van der Waals surface area contributed by atoms with Crippen LogP contribution in [0.5, 0.6) is 0 Å². The van der Waals surface area contributed by atoms with E-state index in [2.05, 4.69) is 4.98 Å². The lowest BCUT2D eigenvalue weighted by molar-refractivity contribution is 0.103. The quantitative estimate of drug-likeness (QED) is 0.527. The monoisotopic (exact) mass is 202 g/mol. The van der Waals surface area contributed by atoms with E-state index >= 15 is 0 Å². The summed E-state index contributed by atoms with van der Waals surface area (Å²) in [6.07, 6.45) is 1.68. The Kier molecular flexibility index (Phi) is 2.51. The highest BCUT2D eigenvalue weighted by Gasteiger charge is 2.12. The molecule has 1 aromatic heterocycles. The largest absolute Gasteiger partial charge is 0.359 e. The van der Waals surface area contributed by atoms with Crippen LogP contribution < -0.4 is 5.48 Å². The molecule has 0 aliphatic heterocycles. The Balaban J connectivity index is 2.42. The fourth-order valence-electron chi connectivity index (χ4n) is 1.40. The topological polar surface area (TPSA) is 65.1 Å². The normalized spacial score (nSPS) is 9.93. The molecule has 0 fully saturated rings. The molecule has 0 aliphatic rings. The SMILES string of the molecule is O=C(c1ccc[nH]1)c1ccccc1NO. The van der Waals surface area contributed by atoms with Gasteiger partial charge in [-0.1, -0.05) is 12.1 Å². The van der Waals surface area contributed by atoms with E-state index in [4.69, 9.17) is 5.21 Å². The molecule has 0 saturated carbocycles. The third kappa shape index (κ3) is 1.75. The minimum atomic E-state index is -0.155. The zero-order valence-corrected chi connectivity index (χ0v) is 7.90. The number of anilines is 1. The van der Waals surface area contributed by atoms with Gasteiger partial charge in [0.2, 0.25) is 5.78 Å². The standard InChI is InChI=1S/C11H10N2O2/c14-11(10-6-3-7-12-10)8-4-1-2-5-9(8)13-15/h1-7,12-13,15H. The highest BCUT2D eigenvalue weighted by molar-refractivity contribution is 6.11. The predicted octanol–water partition coefficient (Wildman–Crippen LogP) is 2.05. The van der Waals surface area contributed by atoms with Gasteiger partial charge in [-0.25, -0.2) is 0 Å². The van der Waals surface area contributed by atoms with E-state index in [1.165, 1.54) is 0 Å². The van der Waals surface area contributed by atoms with Gasteiger partial charge in [-0.3, -0.25) is 15.5 Å². The maximum Gasteiger partial charge on any atom is 0.211 e. The van der Waals surface area contributed by atoms with Crippen molar-refractivity contribution in [2.45, 2.75) is 0 Å². The van der Waals surface area contributed by atoms with E-state index in [0.29, 0.717) is 16.9 Å². The summed E-state index contributed by atoms with van der Waals surface area (Å²) < 4.78 is 0. The van der Waals surface area contributed by atoms with Crippen molar-refractivity contribution in [1.29, 1.82) is 0 Å². The minimum Gasteiger partial charge on any atom is -0.359 e. The van der Waals surface area contributed by atoms with E-state index in [-0.39, 0.29) is 5.78 Å². The Morgan fingerprint density at radius 1 is 1.20 bits per heavy atom. The smallest absolute Gasteiger partial charge is 0.211 e. The summed E-state index contributed by atoms with van der Waals surface area (Å²) in [5.74, 6) is -0.155. The maximum absolute atomic E-state index is 11.9. The Morgan fingerprint density at radius 3 is 2.67 bits per heavy atom. The number of H-pyrrole nitrogens is 1. The molecule has 2 aromatic rings. The Labute approximate surface area is 86.5 Å². The molecule has 15 heavy (non-hydrogen) atoms. The van der Waals surface area contributed by atoms with Crippen molar-refractivity contribution in [2.75, 3.05) is 5.48 Å². The van der Waals surface area contributed by atoms with E-state index in [1.54, 1.807) is 42.6 Å². The average Bonchev–Trinajstić information content (AvgIpc) is 2.81. The number of para-hydroxylation sites is 1. The molecule has 0 radical (unpaired) electrons. The zero-order valence-electron chi connectivity index (χ0n) is 7.90. The van der Waals surface area contributed by atoms with Gasteiger partial charge < -0.3 is 4.98 Å². The molecule has 3 N–H and O–H groups in total. The van der Waals surface area contributed by atoms with Gasteiger partial charge >= 0.3 is 0 Å². The second kappa shape index (κ2) is 3.98. The van der Waals surface area contributed by atoms with Crippen LogP contribution in [0.1, 0.15) is 16.1 Å². The molecule has 4 heteroatoms. The average molecular weight is 202 g/mol. The summed E-state index contributed by atoms with van der Waals surface area (Å²) in [5.41, 5.74) is 3.33. The number of benzene rings is 1. The van der Waals surface area contributed by atoms with Crippen LogP contribution in [0, 0.1) is 0 Å². The summed E-state index contributed by atoms with van der Waals surface area (Å²) in [6, 6.07) is 10.2. The molecule has 0 aliphatic carbocycles. The van der Waals surface area contributed by atoms with Gasteiger partial charge in [0.05, 0.1) is 11.4 Å². The molecule has 0 atom stereocenters. The molecule has 2 rings (SSSR count). The first-order valence-corrected chi connectivity index (χ1v) is 4.50. The van der Waals surface area contributed by atoms with Crippen LogP contribution in [0.3, 0.4) is 0 Å². The number of hydrogen-bond donors (Lipinski definition) is 3. The first kappa shape index (κ1) is 9.48. The minimum absolute atomic E-state index is 0.155. The van der Waals surface area contributed by atoms with Crippen molar-refractivity contribution in [3.05, 3.63) is 53.9 Å². The molecule has 1 heterocycles. The molecule has 4 nitrogen and oxygen atoms in total. The second-order valence-electron chi connectivity index (χ2n) is 3.07. The van der Waals surface area contributed by atoms with Gasteiger partial charge in [0.25, 0.3) is 0 Å². The van der Waals surface area contributed by atoms with Gasteiger partial charge in [0.1, 0.15) is 0 Å². The number of carbonyl (C=O) groups is 1. The third-order valence-electron chi connectivity index (χ3n) is 2.13. The lowest BCUT2D eigenvalue weighted by atomic mass is 10.1. The van der Waals surface area contributed by atoms with Crippen molar-refractivity contribution in [2.24, 2.45) is 0 Å². The summed E-state index contributed by atoms with van der Waals surface area (Å²) in [6.45, 7) is 0. The second-order valence-corrected chi connectivity index (χ2v) is 3.07. The summed E-state index contributed by atoms with van der Waals surface area (Å²) in [4.78, 5) is 14.7. The van der Waals surface area contributed by atoms with Crippen molar-refractivity contribution in [1.82, 2.24) is 4.98 Å². The summed E-state index contributed by atoms with van der Waals surface area (Å²) in [7, 11) is 0. The van der Waals surface area contributed by atoms with Crippen LogP contribution in [-0.2, 0) is 0 Å². The fourth-order valence-corrected chi connectivity index (χ4v) is 1.40. The summed E-state index contributed by atoms with van der Waals surface area (Å²) in [5, 5.41) is 8.85. The molecule has 0 amide bonds. The molecule has 0 bridgehead atoms. The Bertz CT molecular complexity index is 463. The Morgan fingerprint density at radius 2 is 2.00 bits per heavy atom. The van der Waals surface area contributed by atoms with Crippen LogP contribution in [0.4, 0.5) is 5.69 Å². The molecule has 0 saturated heterocycles. The van der Waals surface area contributed by atoms with E-state index in [9.17, 15) is 4.79 Å². The fraction of sp³-hybridized carbons (Fsp3) is 0. The number of nitrogens with one attached hydrogen (secondary N) is 2. The molecule has 1 aromatic carbocycles. The highest BCUT2D eigenvalue weighted by Crippen LogP contribution is 2.17. The predicted molar refractivity (Wildman–Crippen MR) is 56.1 cm³/mol. The first-order chi connectivity index (χ1) is 7.33. The van der Waals surface area contributed by atoms with Gasteiger partial charge in [-0.2, -0.15) is 0 Å². The van der Waals surface area contributed by atoms with Gasteiger partial charge in [0.15, 0.2) is 0 Å². The lowest BCUT2D eigenvalue weighted by Gasteiger charge is -2.05. The third-order valence-corrected chi connectivity index (χ3v) is 2.13. The highest BCUT2D eigenvalue weighted by atomic mass is 16.5. The lowest BCUT2D eigenvalue weighted by Crippen LogP contribution is -2.05. The molecule has 0 spiro atoms. The van der Waals surface area contributed by atoms with Gasteiger partial charge in [-0.05, 0) is 24.3 Å². The van der Waals surface area contributed by atoms with Crippen LogP contribution in [0.25, 0.3) is 0 Å². The van der Waals surface area contributed by atoms with Crippen LogP contribution in [0.15, 0.2) is 42.6 Å². The van der Waals surface area contributed by atoms with E-state index in [0.717, 1.165) is 0 Å². The molecule has 76 valence electrons. The maximum atomic E-state index is 11.9. The Hall–Kier alpha value is -2.07.